The van der Waals surface area contributed by atoms with Crippen LogP contribution in [0.3, 0.4) is 0 Å². The van der Waals surface area contributed by atoms with Crippen molar-refractivity contribution in [3.63, 3.8) is 0 Å². The van der Waals surface area contributed by atoms with Crippen LogP contribution in [0.15, 0.2) is 16.6 Å². The van der Waals surface area contributed by atoms with Crippen LogP contribution >= 0.6 is 15.9 Å². The Morgan fingerprint density at radius 1 is 1.32 bits per heavy atom. The summed E-state index contributed by atoms with van der Waals surface area (Å²) in [5.74, 6) is 1.32. The van der Waals surface area contributed by atoms with Gasteiger partial charge in [-0.05, 0) is 61.4 Å². The second-order valence-electron chi connectivity index (χ2n) is 4.97. The predicted octanol–water partition coefficient (Wildman–Crippen LogP) is 2.72. The molecule has 0 saturated carbocycles. The maximum Gasteiger partial charge on any atom is 0.175 e. The Kier molecular flexibility index (Phi) is 6.10. The first-order valence-electron chi connectivity index (χ1n) is 6.32. The minimum absolute atomic E-state index is 0.205. The number of ether oxygens (including phenoxy) is 2. The number of aliphatic hydroxyl groups is 1. The van der Waals surface area contributed by atoms with Crippen LogP contribution in [0.2, 0.25) is 0 Å². The van der Waals surface area contributed by atoms with Crippen molar-refractivity contribution < 1.29 is 14.6 Å². The molecule has 0 aromatic heterocycles. The highest BCUT2D eigenvalue weighted by Gasteiger charge is 2.18. The number of hydrogen-bond donors (Lipinski definition) is 2. The monoisotopic (exact) mass is 331 g/mol. The normalized spacial score (nSPS) is 11.5. The van der Waals surface area contributed by atoms with Crippen molar-refractivity contribution in [3.05, 3.63) is 22.2 Å². The highest BCUT2D eigenvalue weighted by Crippen LogP contribution is 2.37. The molecular formula is C14H22BrNO3. The summed E-state index contributed by atoms with van der Waals surface area (Å²) in [6.07, 6.45) is 0. The molecule has 0 unspecified atom stereocenters. The van der Waals surface area contributed by atoms with Crippen molar-refractivity contribution in [3.8, 4) is 11.5 Å². The first-order chi connectivity index (χ1) is 8.87. The lowest BCUT2D eigenvalue weighted by atomic mass is 10.1. The minimum Gasteiger partial charge on any atom is -0.490 e. The molecule has 0 heterocycles. The Labute approximate surface area is 123 Å². The van der Waals surface area contributed by atoms with Gasteiger partial charge >= 0.3 is 0 Å². The lowest BCUT2D eigenvalue weighted by Crippen LogP contribution is -2.28. The van der Waals surface area contributed by atoms with Crippen molar-refractivity contribution >= 4 is 15.9 Å². The van der Waals surface area contributed by atoms with Gasteiger partial charge in [-0.15, -0.1) is 0 Å². The van der Waals surface area contributed by atoms with Crippen LogP contribution < -0.4 is 14.8 Å². The summed E-state index contributed by atoms with van der Waals surface area (Å²) in [4.78, 5) is 0. The molecule has 0 atom stereocenters. The summed E-state index contributed by atoms with van der Waals surface area (Å²) in [6.45, 7) is 6.86. The highest BCUT2D eigenvalue weighted by molar-refractivity contribution is 9.10. The number of rotatable bonds is 7. The molecule has 0 bridgehead atoms. The van der Waals surface area contributed by atoms with Crippen LogP contribution in [0.5, 0.6) is 11.5 Å². The molecule has 1 rings (SSSR count). The van der Waals surface area contributed by atoms with Crippen LogP contribution in [0.1, 0.15) is 26.3 Å². The lowest BCUT2D eigenvalue weighted by Gasteiger charge is -2.21. The van der Waals surface area contributed by atoms with E-state index in [4.69, 9.17) is 9.47 Å². The van der Waals surface area contributed by atoms with E-state index in [1.54, 1.807) is 13.8 Å². The third-order valence-electron chi connectivity index (χ3n) is 2.32. The zero-order valence-electron chi connectivity index (χ0n) is 11.9. The third-order valence-corrected chi connectivity index (χ3v) is 2.91. The number of nitrogens with one attached hydrogen (secondary N) is 1. The van der Waals surface area contributed by atoms with E-state index in [1.165, 1.54) is 0 Å². The van der Waals surface area contributed by atoms with E-state index in [9.17, 15) is 5.11 Å². The quantitative estimate of drug-likeness (QED) is 0.806. The van der Waals surface area contributed by atoms with E-state index < -0.39 is 5.60 Å². The average Bonchev–Trinajstić information content (AvgIpc) is 2.27. The molecule has 1 aromatic rings. The largest absolute Gasteiger partial charge is 0.490 e. The smallest absolute Gasteiger partial charge is 0.175 e. The van der Waals surface area contributed by atoms with Gasteiger partial charge in [-0.25, -0.2) is 0 Å². The molecule has 1 aromatic carbocycles. The molecule has 0 aliphatic heterocycles. The van der Waals surface area contributed by atoms with Crippen molar-refractivity contribution in [2.45, 2.75) is 32.9 Å². The van der Waals surface area contributed by atoms with Gasteiger partial charge in [-0.3, -0.25) is 0 Å². The highest BCUT2D eigenvalue weighted by atomic mass is 79.9. The van der Waals surface area contributed by atoms with Gasteiger partial charge in [0.05, 0.1) is 16.7 Å². The molecule has 4 nitrogen and oxygen atoms in total. The lowest BCUT2D eigenvalue weighted by molar-refractivity contribution is 0.0271. The number of hydrogen-bond acceptors (Lipinski definition) is 4. The minimum atomic E-state index is -0.882. The van der Waals surface area contributed by atoms with Gasteiger partial charge in [-0.2, -0.15) is 0 Å². The Morgan fingerprint density at radius 2 is 2.00 bits per heavy atom. The van der Waals surface area contributed by atoms with Crippen LogP contribution in [0.4, 0.5) is 0 Å². The molecule has 0 aliphatic carbocycles. The SMILES string of the molecule is CCOc1cc(CNC)cc(Br)c1OCC(C)(C)O. The van der Waals surface area contributed by atoms with Crippen molar-refractivity contribution in [1.82, 2.24) is 5.32 Å². The first kappa shape index (κ1) is 16.3. The van der Waals surface area contributed by atoms with Crippen molar-refractivity contribution in [2.75, 3.05) is 20.3 Å². The maximum atomic E-state index is 9.74. The summed E-state index contributed by atoms with van der Waals surface area (Å²) < 4.78 is 12.1. The van der Waals surface area contributed by atoms with Gasteiger partial charge in [0.15, 0.2) is 11.5 Å². The zero-order chi connectivity index (χ0) is 14.5. The summed E-state index contributed by atoms with van der Waals surface area (Å²) in [5, 5.41) is 12.8. The fraction of sp³-hybridized carbons (Fsp3) is 0.571. The molecular weight excluding hydrogens is 310 g/mol. The van der Waals surface area contributed by atoms with Gasteiger partial charge in [0, 0.05) is 6.54 Å². The summed E-state index contributed by atoms with van der Waals surface area (Å²) in [5.41, 5.74) is 0.223. The second-order valence-corrected chi connectivity index (χ2v) is 5.82. The Balaban J connectivity index is 3.00. The average molecular weight is 332 g/mol. The van der Waals surface area contributed by atoms with Crippen molar-refractivity contribution in [1.29, 1.82) is 0 Å². The second kappa shape index (κ2) is 7.12. The Hall–Kier alpha value is -0.780. The number of halogens is 1. The first-order valence-corrected chi connectivity index (χ1v) is 7.11. The topological polar surface area (TPSA) is 50.7 Å². The maximum absolute atomic E-state index is 9.74. The molecule has 0 amide bonds. The standard InChI is InChI=1S/C14H22BrNO3/c1-5-18-12-7-10(8-16-4)6-11(15)13(12)19-9-14(2,3)17/h6-7,16-17H,5,8-9H2,1-4H3. The Bertz CT molecular complexity index is 416. The molecule has 108 valence electrons. The molecule has 19 heavy (non-hydrogen) atoms. The van der Waals surface area contributed by atoms with Crippen LogP contribution in [-0.2, 0) is 6.54 Å². The summed E-state index contributed by atoms with van der Waals surface area (Å²) in [7, 11) is 1.90. The Morgan fingerprint density at radius 3 is 2.53 bits per heavy atom. The fourth-order valence-electron chi connectivity index (χ4n) is 1.58. The molecule has 0 fully saturated rings. The van der Waals surface area contributed by atoms with Gasteiger partial charge < -0.3 is 19.9 Å². The summed E-state index contributed by atoms with van der Waals surface area (Å²) in [6, 6.07) is 3.93. The van der Waals surface area contributed by atoms with E-state index in [2.05, 4.69) is 21.2 Å². The van der Waals surface area contributed by atoms with Gasteiger partial charge in [0.2, 0.25) is 0 Å². The number of benzene rings is 1. The van der Waals surface area contributed by atoms with Gasteiger partial charge in [-0.1, -0.05) is 0 Å². The van der Waals surface area contributed by atoms with Crippen LogP contribution in [0.25, 0.3) is 0 Å². The molecule has 0 radical (unpaired) electrons. The van der Waals surface area contributed by atoms with Gasteiger partial charge in [0.1, 0.15) is 6.61 Å². The molecule has 0 aliphatic rings. The zero-order valence-corrected chi connectivity index (χ0v) is 13.5. The molecule has 5 heteroatoms. The molecule has 0 saturated heterocycles. The third kappa shape index (κ3) is 5.38. The predicted molar refractivity (Wildman–Crippen MR) is 79.9 cm³/mol. The van der Waals surface area contributed by atoms with Crippen LogP contribution in [0, 0.1) is 0 Å². The molecule has 2 N–H and O–H groups in total. The van der Waals surface area contributed by atoms with E-state index in [-0.39, 0.29) is 6.61 Å². The fourth-order valence-corrected chi connectivity index (χ4v) is 2.18. The van der Waals surface area contributed by atoms with Crippen molar-refractivity contribution in [2.24, 2.45) is 0 Å². The van der Waals surface area contributed by atoms with E-state index in [0.29, 0.717) is 18.1 Å². The van der Waals surface area contributed by atoms with Gasteiger partial charge in [0.25, 0.3) is 0 Å². The van der Waals surface area contributed by atoms with Crippen LogP contribution in [-0.4, -0.2) is 31.0 Å². The summed E-state index contributed by atoms with van der Waals surface area (Å²) >= 11 is 3.49. The van der Waals surface area contributed by atoms with E-state index in [0.717, 1.165) is 16.6 Å². The molecule has 0 spiro atoms. The van der Waals surface area contributed by atoms with E-state index in [1.807, 2.05) is 26.1 Å². The van der Waals surface area contributed by atoms with E-state index >= 15 is 0 Å².